The molecule has 0 spiro atoms. The lowest BCUT2D eigenvalue weighted by Gasteiger charge is -2.24. The summed E-state index contributed by atoms with van der Waals surface area (Å²) in [7, 11) is 0. The zero-order valence-electron chi connectivity index (χ0n) is 13.7. The van der Waals surface area contributed by atoms with Crippen molar-refractivity contribution in [3.05, 3.63) is 108 Å². The summed E-state index contributed by atoms with van der Waals surface area (Å²) in [6.45, 7) is 2.28. The first-order valence-corrected chi connectivity index (χ1v) is 8.44. The minimum Gasteiger partial charge on any atom is -0.0648 e. The zero-order valence-corrected chi connectivity index (χ0v) is 13.7. The van der Waals surface area contributed by atoms with Gasteiger partial charge in [-0.3, -0.25) is 0 Å². The molecule has 0 aliphatic rings. The Bertz CT molecular complexity index is 646. The van der Waals surface area contributed by atoms with Crippen molar-refractivity contribution in [3.8, 4) is 0 Å². The van der Waals surface area contributed by atoms with Gasteiger partial charge in [0, 0.05) is 5.92 Å². The minimum atomic E-state index is 0.433. The first kappa shape index (κ1) is 15.6. The molecule has 23 heavy (non-hydrogen) atoms. The molecule has 1 atom stereocenters. The van der Waals surface area contributed by atoms with E-state index in [-0.39, 0.29) is 0 Å². The predicted octanol–water partition coefficient (Wildman–Crippen LogP) is 6.20. The predicted molar refractivity (Wildman–Crippen MR) is 97.7 cm³/mol. The van der Waals surface area contributed by atoms with Gasteiger partial charge in [-0.25, -0.2) is 0 Å². The highest BCUT2D eigenvalue weighted by Gasteiger charge is 2.19. The molecule has 1 radical (unpaired) electrons. The molecule has 1 unspecified atom stereocenters. The molecule has 0 saturated carbocycles. The third kappa shape index (κ3) is 3.90. The summed E-state index contributed by atoms with van der Waals surface area (Å²) >= 11 is 0. The van der Waals surface area contributed by atoms with E-state index in [0.717, 1.165) is 12.8 Å². The van der Waals surface area contributed by atoms with Gasteiger partial charge in [0.15, 0.2) is 0 Å². The molecule has 0 bridgehead atoms. The maximum atomic E-state index is 3.23. The van der Waals surface area contributed by atoms with Crippen molar-refractivity contribution < 1.29 is 0 Å². The van der Waals surface area contributed by atoms with Gasteiger partial charge in [-0.05, 0) is 41.5 Å². The molecule has 0 saturated heterocycles. The number of hydrogen-bond donors (Lipinski definition) is 0. The van der Waals surface area contributed by atoms with Crippen molar-refractivity contribution >= 4 is 0 Å². The monoisotopic (exact) mass is 299 g/mol. The molecule has 0 aliphatic heterocycles. The lowest BCUT2D eigenvalue weighted by atomic mass is 9.80. The molecule has 0 nitrogen and oxygen atoms in total. The van der Waals surface area contributed by atoms with Crippen LogP contribution in [0.15, 0.2) is 84.9 Å². The maximum Gasteiger partial charge on any atom is 0.00951 e. The molecular formula is C23H23. The summed E-state index contributed by atoms with van der Waals surface area (Å²) in [4.78, 5) is 0. The van der Waals surface area contributed by atoms with Gasteiger partial charge >= 0.3 is 0 Å². The van der Waals surface area contributed by atoms with Crippen LogP contribution in [-0.4, -0.2) is 0 Å². The Morgan fingerprint density at radius 3 is 1.78 bits per heavy atom. The molecule has 3 rings (SSSR count). The Morgan fingerprint density at radius 1 is 0.739 bits per heavy atom. The topological polar surface area (TPSA) is 0 Å². The smallest absolute Gasteiger partial charge is 0.00951 e. The molecular weight excluding hydrogens is 276 g/mol. The molecule has 0 amide bonds. The quantitative estimate of drug-likeness (QED) is 0.508. The fourth-order valence-electron chi connectivity index (χ4n) is 3.32. The van der Waals surface area contributed by atoms with Gasteiger partial charge in [0.05, 0.1) is 0 Å². The van der Waals surface area contributed by atoms with Crippen molar-refractivity contribution in [2.45, 2.75) is 31.6 Å². The van der Waals surface area contributed by atoms with E-state index in [1.54, 1.807) is 0 Å². The van der Waals surface area contributed by atoms with Crippen LogP contribution in [0.2, 0.25) is 0 Å². The Kier molecular flexibility index (Phi) is 5.26. The van der Waals surface area contributed by atoms with Gasteiger partial charge in [-0.2, -0.15) is 0 Å². The third-order valence-corrected chi connectivity index (χ3v) is 4.62. The second kappa shape index (κ2) is 7.78. The third-order valence-electron chi connectivity index (χ3n) is 4.62. The summed E-state index contributed by atoms with van der Waals surface area (Å²) in [5.41, 5.74) is 4.20. The van der Waals surface area contributed by atoms with E-state index in [0.29, 0.717) is 11.8 Å². The van der Waals surface area contributed by atoms with Crippen LogP contribution in [0.3, 0.4) is 0 Å². The van der Waals surface area contributed by atoms with Gasteiger partial charge in [0.25, 0.3) is 0 Å². The van der Waals surface area contributed by atoms with Crippen molar-refractivity contribution in [1.29, 1.82) is 0 Å². The summed E-state index contributed by atoms with van der Waals surface area (Å²) in [5, 5.41) is 0. The highest BCUT2D eigenvalue weighted by Crippen LogP contribution is 2.36. The van der Waals surface area contributed by atoms with Crippen molar-refractivity contribution in [1.82, 2.24) is 0 Å². The van der Waals surface area contributed by atoms with Crippen LogP contribution in [0.25, 0.3) is 0 Å². The largest absolute Gasteiger partial charge is 0.0648 e. The van der Waals surface area contributed by atoms with E-state index in [9.17, 15) is 0 Å². The first-order valence-electron chi connectivity index (χ1n) is 8.44. The van der Waals surface area contributed by atoms with E-state index >= 15 is 0 Å². The van der Waals surface area contributed by atoms with Crippen molar-refractivity contribution in [2.24, 2.45) is 0 Å². The Labute approximate surface area is 139 Å². The summed E-state index contributed by atoms with van der Waals surface area (Å²) < 4.78 is 0. The van der Waals surface area contributed by atoms with Gasteiger partial charge in [0.2, 0.25) is 0 Å². The normalized spacial score (nSPS) is 12.3. The zero-order chi connectivity index (χ0) is 15.9. The maximum absolute atomic E-state index is 3.23. The van der Waals surface area contributed by atoms with Crippen LogP contribution < -0.4 is 0 Å². The molecule has 0 heterocycles. The van der Waals surface area contributed by atoms with Gasteiger partial charge in [-0.15, -0.1) is 0 Å². The molecule has 3 aromatic rings. The van der Waals surface area contributed by atoms with Crippen LogP contribution >= 0.6 is 0 Å². The number of hydrogen-bond acceptors (Lipinski definition) is 0. The van der Waals surface area contributed by atoms with Crippen LogP contribution in [0.1, 0.15) is 48.3 Å². The van der Waals surface area contributed by atoms with E-state index in [1.807, 2.05) is 6.07 Å². The Balaban J connectivity index is 1.93. The van der Waals surface area contributed by atoms with E-state index < -0.39 is 0 Å². The van der Waals surface area contributed by atoms with Crippen LogP contribution in [0.5, 0.6) is 0 Å². The first-order chi connectivity index (χ1) is 11.4. The standard InChI is InChI=1S/C23H23/c1-2-19(20-12-6-3-7-13-20)18-23(21-14-8-4-9-15-21)22-16-10-5-11-17-22/h3-6,8-17,19,23H,2,18H2,1H3. The Morgan fingerprint density at radius 2 is 1.30 bits per heavy atom. The van der Waals surface area contributed by atoms with Crippen LogP contribution in [0.4, 0.5) is 0 Å². The molecule has 0 N–H and O–H groups in total. The van der Waals surface area contributed by atoms with Gasteiger partial charge in [0.1, 0.15) is 0 Å². The highest BCUT2D eigenvalue weighted by atomic mass is 14.2. The minimum absolute atomic E-state index is 0.433. The van der Waals surface area contributed by atoms with Gasteiger partial charge in [-0.1, -0.05) is 91.9 Å². The molecule has 0 aliphatic carbocycles. The second-order valence-corrected chi connectivity index (χ2v) is 6.05. The average Bonchev–Trinajstić information content (AvgIpc) is 2.65. The SMILES string of the molecule is CCC(CC(c1ccccc1)c1ccccc1)c1c[c]ccc1. The van der Waals surface area contributed by atoms with Gasteiger partial charge < -0.3 is 0 Å². The second-order valence-electron chi connectivity index (χ2n) is 6.05. The molecule has 3 aromatic carbocycles. The summed E-state index contributed by atoms with van der Waals surface area (Å²) in [6.07, 6.45) is 2.27. The lowest BCUT2D eigenvalue weighted by Crippen LogP contribution is -2.08. The van der Waals surface area contributed by atoms with Crippen molar-refractivity contribution in [2.75, 3.05) is 0 Å². The molecule has 0 fully saturated rings. The summed E-state index contributed by atoms with van der Waals surface area (Å²) in [5.74, 6) is 0.986. The lowest BCUT2D eigenvalue weighted by molar-refractivity contribution is 0.562. The fraction of sp³-hybridized carbons (Fsp3) is 0.217. The van der Waals surface area contributed by atoms with E-state index in [1.165, 1.54) is 16.7 Å². The fourth-order valence-corrected chi connectivity index (χ4v) is 3.32. The van der Waals surface area contributed by atoms with Crippen LogP contribution in [-0.2, 0) is 0 Å². The number of benzene rings is 3. The molecule has 0 heteroatoms. The van der Waals surface area contributed by atoms with E-state index in [4.69, 9.17) is 0 Å². The highest BCUT2D eigenvalue weighted by molar-refractivity contribution is 5.33. The summed E-state index contributed by atoms with van der Waals surface area (Å²) in [6, 6.07) is 33.4. The number of rotatable bonds is 6. The molecule has 0 aromatic heterocycles. The van der Waals surface area contributed by atoms with Crippen LogP contribution in [0, 0.1) is 6.07 Å². The average molecular weight is 299 g/mol. The molecule has 115 valence electrons. The Hall–Kier alpha value is -2.34. The van der Waals surface area contributed by atoms with E-state index in [2.05, 4.69) is 91.9 Å². The van der Waals surface area contributed by atoms with Crippen molar-refractivity contribution in [3.63, 3.8) is 0 Å².